The van der Waals surface area contributed by atoms with Gasteiger partial charge in [0.15, 0.2) is 0 Å². The van der Waals surface area contributed by atoms with Crippen molar-refractivity contribution in [2.24, 2.45) is 5.41 Å². The Morgan fingerprint density at radius 3 is 2.47 bits per heavy atom. The number of carbonyl (C=O) groups is 1. The smallest absolute Gasteiger partial charge is 0.245 e. The van der Waals surface area contributed by atoms with Crippen LogP contribution >= 0.6 is 0 Å². The highest BCUT2D eigenvalue weighted by Gasteiger charge is 2.57. The van der Waals surface area contributed by atoms with Crippen LogP contribution in [0.1, 0.15) is 39.0 Å². The van der Waals surface area contributed by atoms with Gasteiger partial charge in [0.25, 0.3) is 0 Å². The number of nitrogens with zero attached hydrogens (tertiary/aromatic N) is 1. The molecule has 1 saturated carbocycles. The van der Waals surface area contributed by atoms with Crippen molar-refractivity contribution in [3.63, 3.8) is 0 Å². The van der Waals surface area contributed by atoms with Crippen LogP contribution in [0.25, 0.3) is 0 Å². The zero-order valence-electron chi connectivity index (χ0n) is 11.2. The standard InChI is InChI=1S/C14H23NO2/c1-13(10-7-12(16)15(2)3)8-5-4-6-9-14(13)11-17-14/h7,10H,4-6,8-9,11H2,1-3H3/b10-7+. The van der Waals surface area contributed by atoms with Crippen LogP contribution in [0.2, 0.25) is 0 Å². The number of epoxide rings is 1. The van der Waals surface area contributed by atoms with Gasteiger partial charge < -0.3 is 9.64 Å². The van der Waals surface area contributed by atoms with Gasteiger partial charge in [0.1, 0.15) is 5.60 Å². The number of amides is 1. The zero-order chi connectivity index (χ0) is 12.5. The van der Waals surface area contributed by atoms with E-state index >= 15 is 0 Å². The van der Waals surface area contributed by atoms with Crippen molar-refractivity contribution in [1.29, 1.82) is 0 Å². The molecule has 1 spiro atoms. The van der Waals surface area contributed by atoms with Gasteiger partial charge in [-0.25, -0.2) is 0 Å². The minimum atomic E-state index is 0.0343. The summed E-state index contributed by atoms with van der Waals surface area (Å²) in [6.45, 7) is 3.11. The Morgan fingerprint density at radius 1 is 1.24 bits per heavy atom. The van der Waals surface area contributed by atoms with E-state index in [4.69, 9.17) is 4.74 Å². The third-order valence-corrected chi connectivity index (χ3v) is 4.34. The molecule has 3 heteroatoms. The minimum absolute atomic E-state index is 0.0343. The molecule has 1 aliphatic heterocycles. The molecule has 3 nitrogen and oxygen atoms in total. The Hall–Kier alpha value is -0.830. The Labute approximate surface area is 104 Å². The lowest BCUT2D eigenvalue weighted by molar-refractivity contribution is -0.123. The second kappa shape index (κ2) is 4.45. The summed E-state index contributed by atoms with van der Waals surface area (Å²) < 4.78 is 5.75. The van der Waals surface area contributed by atoms with Crippen LogP contribution < -0.4 is 0 Å². The highest BCUT2D eigenvalue weighted by Crippen LogP contribution is 2.53. The molecule has 0 N–H and O–H groups in total. The first-order valence-electron chi connectivity index (χ1n) is 6.54. The summed E-state index contributed by atoms with van der Waals surface area (Å²) in [6, 6.07) is 0. The topological polar surface area (TPSA) is 32.8 Å². The van der Waals surface area contributed by atoms with Crippen LogP contribution in [0.3, 0.4) is 0 Å². The average molecular weight is 237 g/mol. The summed E-state index contributed by atoms with van der Waals surface area (Å²) in [6.07, 6.45) is 9.86. The molecular formula is C14H23NO2. The molecule has 0 bridgehead atoms. The van der Waals surface area contributed by atoms with Crippen molar-refractivity contribution in [3.8, 4) is 0 Å². The van der Waals surface area contributed by atoms with Crippen molar-refractivity contribution >= 4 is 5.91 Å². The molecule has 17 heavy (non-hydrogen) atoms. The van der Waals surface area contributed by atoms with Gasteiger partial charge in [-0.2, -0.15) is 0 Å². The first kappa shape index (κ1) is 12.6. The molecule has 0 aromatic carbocycles. The molecule has 1 heterocycles. The van der Waals surface area contributed by atoms with E-state index in [0.717, 1.165) is 19.4 Å². The van der Waals surface area contributed by atoms with Crippen LogP contribution in [-0.4, -0.2) is 37.1 Å². The lowest BCUT2D eigenvalue weighted by Gasteiger charge is -2.31. The lowest BCUT2D eigenvalue weighted by atomic mass is 9.73. The number of likely N-dealkylation sites (N-methyl/N-ethyl adjacent to an activating group) is 1. The quantitative estimate of drug-likeness (QED) is 0.545. The number of hydrogen-bond donors (Lipinski definition) is 0. The number of ether oxygens (including phenoxy) is 1. The monoisotopic (exact) mass is 237 g/mol. The minimum Gasteiger partial charge on any atom is -0.369 e. The van der Waals surface area contributed by atoms with E-state index in [9.17, 15) is 4.79 Å². The lowest BCUT2D eigenvalue weighted by Crippen LogP contribution is -2.33. The molecule has 2 rings (SSSR count). The van der Waals surface area contributed by atoms with Crippen molar-refractivity contribution in [2.75, 3.05) is 20.7 Å². The molecule has 2 fully saturated rings. The summed E-state index contributed by atoms with van der Waals surface area (Å²) in [4.78, 5) is 13.3. The van der Waals surface area contributed by atoms with Crippen LogP contribution in [-0.2, 0) is 9.53 Å². The highest BCUT2D eigenvalue weighted by atomic mass is 16.6. The molecule has 2 atom stereocenters. The maximum atomic E-state index is 11.6. The maximum absolute atomic E-state index is 11.6. The SMILES string of the molecule is CN(C)C(=O)/C=C/C1(C)CCCCCC12CO2. The van der Waals surface area contributed by atoms with Gasteiger partial charge in [-0.1, -0.05) is 32.3 Å². The van der Waals surface area contributed by atoms with E-state index in [1.165, 1.54) is 19.3 Å². The third-order valence-electron chi connectivity index (χ3n) is 4.34. The fourth-order valence-corrected chi connectivity index (χ4v) is 2.79. The van der Waals surface area contributed by atoms with Crippen molar-refractivity contribution < 1.29 is 9.53 Å². The van der Waals surface area contributed by atoms with Gasteiger partial charge in [-0.05, 0) is 18.9 Å². The number of rotatable bonds is 2. The Bertz CT molecular complexity index is 331. The Kier molecular flexibility index (Phi) is 3.30. The fraction of sp³-hybridized carbons (Fsp3) is 0.786. The Morgan fingerprint density at radius 2 is 1.88 bits per heavy atom. The molecular weight excluding hydrogens is 214 g/mol. The van der Waals surface area contributed by atoms with Crippen LogP contribution in [0, 0.1) is 5.41 Å². The van der Waals surface area contributed by atoms with Gasteiger partial charge in [0.05, 0.1) is 6.61 Å². The van der Waals surface area contributed by atoms with Crippen LogP contribution in [0.5, 0.6) is 0 Å². The number of carbonyl (C=O) groups excluding carboxylic acids is 1. The molecule has 1 amide bonds. The molecule has 2 aliphatic rings. The van der Waals surface area contributed by atoms with Gasteiger partial charge in [-0.15, -0.1) is 0 Å². The van der Waals surface area contributed by atoms with Gasteiger partial charge in [-0.3, -0.25) is 4.79 Å². The summed E-state index contributed by atoms with van der Waals surface area (Å²) >= 11 is 0. The summed E-state index contributed by atoms with van der Waals surface area (Å²) in [5.41, 5.74) is 0.0712. The molecule has 1 saturated heterocycles. The fourth-order valence-electron chi connectivity index (χ4n) is 2.79. The third kappa shape index (κ3) is 2.39. The maximum Gasteiger partial charge on any atom is 0.245 e. The molecule has 96 valence electrons. The predicted molar refractivity (Wildman–Crippen MR) is 67.7 cm³/mol. The van der Waals surface area contributed by atoms with Gasteiger partial charge >= 0.3 is 0 Å². The average Bonchev–Trinajstić information content (AvgIpc) is 3.07. The van der Waals surface area contributed by atoms with Crippen LogP contribution in [0.4, 0.5) is 0 Å². The second-order valence-corrected chi connectivity index (χ2v) is 5.83. The van der Waals surface area contributed by atoms with Crippen molar-refractivity contribution in [3.05, 3.63) is 12.2 Å². The first-order valence-corrected chi connectivity index (χ1v) is 6.54. The zero-order valence-corrected chi connectivity index (χ0v) is 11.2. The molecule has 1 aliphatic carbocycles. The summed E-state index contributed by atoms with van der Waals surface area (Å²) in [5.74, 6) is 0.0614. The van der Waals surface area contributed by atoms with Crippen LogP contribution in [0.15, 0.2) is 12.2 Å². The van der Waals surface area contributed by atoms with E-state index in [1.807, 2.05) is 0 Å². The van der Waals surface area contributed by atoms with E-state index in [1.54, 1.807) is 25.1 Å². The van der Waals surface area contributed by atoms with Gasteiger partial charge in [0, 0.05) is 19.5 Å². The highest BCUT2D eigenvalue weighted by molar-refractivity contribution is 5.87. The van der Waals surface area contributed by atoms with E-state index < -0.39 is 0 Å². The van der Waals surface area contributed by atoms with Crippen molar-refractivity contribution in [2.45, 2.75) is 44.6 Å². The van der Waals surface area contributed by atoms with Gasteiger partial charge in [0.2, 0.25) is 5.91 Å². The first-order chi connectivity index (χ1) is 7.99. The van der Waals surface area contributed by atoms with E-state index in [0.29, 0.717) is 0 Å². The number of hydrogen-bond acceptors (Lipinski definition) is 2. The molecule has 2 unspecified atom stereocenters. The molecule has 0 aromatic heterocycles. The molecule has 0 aromatic rings. The normalized spacial score (nSPS) is 37.1. The Balaban J connectivity index is 2.13. The molecule has 0 radical (unpaired) electrons. The van der Waals surface area contributed by atoms with E-state index in [2.05, 4.69) is 13.0 Å². The summed E-state index contributed by atoms with van der Waals surface area (Å²) in [5, 5.41) is 0. The predicted octanol–water partition coefficient (Wildman–Crippen LogP) is 2.37. The van der Waals surface area contributed by atoms with E-state index in [-0.39, 0.29) is 16.9 Å². The summed E-state index contributed by atoms with van der Waals surface area (Å²) in [7, 11) is 3.57. The largest absolute Gasteiger partial charge is 0.369 e. The second-order valence-electron chi connectivity index (χ2n) is 5.83. The van der Waals surface area contributed by atoms with Crippen molar-refractivity contribution in [1.82, 2.24) is 4.90 Å².